The van der Waals surface area contributed by atoms with Gasteiger partial charge < -0.3 is 15.4 Å². The molecule has 0 saturated heterocycles. The maximum Gasteiger partial charge on any atom is 0.407 e. The molecule has 19 heavy (non-hydrogen) atoms. The molecule has 7 heteroatoms. The Labute approximate surface area is 121 Å². The second-order valence-electron chi connectivity index (χ2n) is 3.83. The van der Waals surface area contributed by atoms with Gasteiger partial charge >= 0.3 is 6.09 Å². The van der Waals surface area contributed by atoms with E-state index >= 15 is 0 Å². The molecule has 0 bridgehead atoms. The topological polar surface area (TPSA) is 67.4 Å². The van der Waals surface area contributed by atoms with Gasteiger partial charge in [0.1, 0.15) is 0 Å². The SMILES string of the molecule is CCOC(=O)NCCC(=O)N[C@@H](C)c1ccc(Cl)s1. The summed E-state index contributed by atoms with van der Waals surface area (Å²) in [6.07, 6.45) is -0.296. The third kappa shape index (κ3) is 5.94. The molecule has 0 fully saturated rings. The van der Waals surface area contributed by atoms with Crippen LogP contribution in [0.3, 0.4) is 0 Å². The molecule has 1 aromatic rings. The van der Waals surface area contributed by atoms with Crippen LogP contribution in [0, 0.1) is 0 Å². The fourth-order valence-electron chi connectivity index (χ4n) is 1.41. The van der Waals surface area contributed by atoms with E-state index in [1.165, 1.54) is 11.3 Å². The molecule has 1 aromatic heterocycles. The second-order valence-corrected chi connectivity index (χ2v) is 5.57. The fraction of sp³-hybridized carbons (Fsp3) is 0.500. The lowest BCUT2D eigenvalue weighted by Gasteiger charge is -2.12. The van der Waals surface area contributed by atoms with E-state index in [2.05, 4.69) is 15.4 Å². The minimum absolute atomic E-state index is 0.0902. The van der Waals surface area contributed by atoms with Gasteiger partial charge in [0.05, 0.1) is 17.0 Å². The molecule has 0 aliphatic heterocycles. The van der Waals surface area contributed by atoms with Gasteiger partial charge in [0.2, 0.25) is 5.91 Å². The predicted octanol–water partition coefficient (Wildman–Crippen LogP) is 2.71. The Morgan fingerprint density at radius 3 is 2.79 bits per heavy atom. The Balaban J connectivity index is 2.25. The predicted molar refractivity (Wildman–Crippen MR) is 75.5 cm³/mol. The summed E-state index contributed by atoms with van der Waals surface area (Å²) in [6.45, 7) is 4.18. The molecule has 0 radical (unpaired) electrons. The molecule has 1 heterocycles. The maximum atomic E-state index is 11.6. The quantitative estimate of drug-likeness (QED) is 0.849. The van der Waals surface area contributed by atoms with Crippen LogP contribution in [-0.4, -0.2) is 25.2 Å². The number of hydrogen-bond acceptors (Lipinski definition) is 4. The summed E-state index contributed by atoms with van der Waals surface area (Å²) in [7, 11) is 0. The third-order valence-corrected chi connectivity index (χ3v) is 3.71. The van der Waals surface area contributed by atoms with Crippen LogP contribution in [0.15, 0.2) is 12.1 Å². The molecule has 1 rings (SSSR count). The molecule has 0 aromatic carbocycles. The first-order chi connectivity index (χ1) is 9.02. The van der Waals surface area contributed by atoms with E-state index in [4.69, 9.17) is 11.6 Å². The Hall–Kier alpha value is -1.27. The first kappa shape index (κ1) is 15.8. The summed E-state index contributed by atoms with van der Waals surface area (Å²) >= 11 is 7.27. The third-order valence-electron chi connectivity index (χ3n) is 2.30. The van der Waals surface area contributed by atoms with Crippen molar-refractivity contribution in [2.24, 2.45) is 0 Å². The molecule has 2 N–H and O–H groups in total. The summed E-state index contributed by atoms with van der Waals surface area (Å²) in [4.78, 5) is 23.6. The number of nitrogens with one attached hydrogen (secondary N) is 2. The van der Waals surface area contributed by atoms with E-state index in [0.717, 1.165) is 4.88 Å². The number of alkyl carbamates (subject to hydrolysis) is 1. The largest absolute Gasteiger partial charge is 0.450 e. The number of rotatable bonds is 6. The monoisotopic (exact) mass is 304 g/mol. The minimum Gasteiger partial charge on any atom is -0.450 e. The van der Waals surface area contributed by atoms with E-state index < -0.39 is 6.09 Å². The van der Waals surface area contributed by atoms with Crippen molar-refractivity contribution < 1.29 is 14.3 Å². The summed E-state index contributed by atoms with van der Waals surface area (Å²) < 4.78 is 5.38. The number of hydrogen-bond donors (Lipinski definition) is 2. The van der Waals surface area contributed by atoms with E-state index in [-0.39, 0.29) is 24.9 Å². The van der Waals surface area contributed by atoms with Gasteiger partial charge in [-0.15, -0.1) is 11.3 Å². The zero-order valence-corrected chi connectivity index (χ0v) is 12.4. The number of amides is 2. The highest BCUT2D eigenvalue weighted by molar-refractivity contribution is 7.16. The highest BCUT2D eigenvalue weighted by atomic mass is 35.5. The molecular weight excluding hydrogens is 288 g/mol. The van der Waals surface area contributed by atoms with Crippen LogP contribution in [0.1, 0.15) is 31.2 Å². The molecule has 5 nitrogen and oxygen atoms in total. The van der Waals surface area contributed by atoms with E-state index in [1.807, 2.05) is 13.0 Å². The Kier molecular flexibility index (Phi) is 6.66. The van der Waals surface area contributed by atoms with Crippen LogP contribution >= 0.6 is 22.9 Å². The summed E-state index contributed by atoms with van der Waals surface area (Å²) in [6, 6.07) is 3.59. The van der Waals surface area contributed by atoms with Gasteiger partial charge in [-0.05, 0) is 26.0 Å². The van der Waals surface area contributed by atoms with Crippen LogP contribution in [0.4, 0.5) is 4.79 Å². The number of carbonyl (C=O) groups excluding carboxylic acids is 2. The number of carbonyl (C=O) groups is 2. The Morgan fingerprint density at radius 1 is 1.47 bits per heavy atom. The summed E-state index contributed by atoms with van der Waals surface area (Å²) in [5.74, 6) is -0.131. The highest BCUT2D eigenvalue weighted by Crippen LogP contribution is 2.26. The molecule has 0 aliphatic rings. The Bertz CT molecular complexity index is 436. The van der Waals surface area contributed by atoms with Crippen molar-refractivity contribution in [1.29, 1.82) is 0 Å². The lowest BCUT2D eigenvalue weighted by Crippen LogP contribution is -2.32. The normalized spacial score (nSPS) is 11.7. The molecule has 106 valence electrons. The lowest BCUT2D eigenvalue weighted by molar-refractivity contribution is -0.121. The highest BCUT2D eigenvalue weighted by Gasteiger charge is 2.11. The zero-order valence-electron chi connectivity index (χ0n) is 10.9. The lowest BCUT2D eigenvalue weighted by atomic mass is 10.2. The second kappa shape index (κ2) is 8.01. The van der Waals surface area contributed by atoms with Gasteiger partial charge in [-0.1, -0.05) is 11.6 Å². The van der Waals surface area contributed by atoms with Gasteiger partial charge in [-0.25, -0.2) is 4.79 Å². The molecule has 0 unspecified atom stereocenters. The smallest absolute Gasteiger partial charge is 0.407 e. The molecule has 0 saturated carbocycles. The van der Waals surface area contributed by atoms with Crippen LogP contribution in [0.5, 0.6) is 0 Å². The van der Waals surface area contributed by atoms with E-state index in [1.54, 1.807) is 13.0 Å². The molecular formula is C12H17ClN2O3S. The van der Waals surface area contributed by atoms with Crippen LogP contribution in [0.25, 0.3) is 0 Å². The van der Waals surface area contributed by atoms with Crippen LogP contribution in [-0.2, 0) is 9.53 Å². The molecule has 0 aliphatic carbocycles. The minimum atomic E-state index is -0.506. The van der Waals surface area contributed by atoms with Gasteiger partial charge in [0.25, 0.3) is 0 Å². The fourth-order valence-corrected chi connectivity index (χ4v) is 2.47. The number of ether oxygens (including phenoxy) is 1. The first-order valence-electron chi connectivity index (χ1n) is 5.98. The molecule has 1 atom stereocenters. The van der Waals surface area contributed by atoms with Gasteiger partial charge in [-0.2, -0.15) is 0 Å². The molecule has 0 spiro atoms. The van der Waals surface area contributed by atoms with Crippen LogP contribution < -0.4 is 10.6 Å². The van der Waals surface area contributed by atoms with E-state index in [9.17, 15) is 9.59 Å². The van der Waals surface area contributed by atoms with Crippen molar-refractivity contribution in [3.63, 3.8) is 0 Å². The van der Waals surface area contributed by atoms with Crippen molar-refractivity contribution in [1.82, 2.24) is 10.6 Å². The number of thiophene rings is 1. The summed E-state index contributed by atoms with van der Waals surface area (Å²) in [5.41, 5.74) is 0. The maximum absolute atomic E-state index is 11.6. The van der Waals surface area contributed by atoms with Crippen molar-refractivity contribution in [3.05, 3.63) is 21.3 Å². The average molecular weight is 305 g/mol. The van der Waals surface area contributed by atoms with Crippen molar-refractivity contribution >= 4 is 34.9 Å². The molecule has 2 amide bonds. The summed E-state index contributed by atoms with van der Waals surface area (Å²) in [5, 5.41) is 5.33. The first-order valence-corrected chi connectivity index (χ1v) is 7.17. The average Bonchev–Trinajstić information content (AvgIpc) is 2.76. The van der Waals surface area contributed by atoms with Crippen molar-refractivity contribution in [2.45, 2.75) is 26.3 Å². The van der Waals surface area contributed by atoms with E-state index in [0.29, 0.717) is 10.9 Å². The zero-order chi connectivity index (χ0) is 14.3. The van der Waals surface area contributed by atoms with Gasteiger partial charge in [-0.3, -0.25) is 4.79 Å². The number of halogens is 1. The van der Waals surface area contributed by atoms with Crippen molar-refractivity contribution in [2.75, 3.05) is 13.2 Å². The van der Waals surface area contributed by atoms with Gasteiger partial charge in [0.15, 0.2) is 0 Å². The van der Waals surface area contributed by atoms with Gasteiger partial charge in [0, 0.05) is 17.8 Å². The van der Waals surface area contributed by atoms with Crippen LogP contribution in [0.2, 0.25) is 4.34 Å². The van der Waals surface area contributed by atoms with Crippen molar-refractivity contribution in [3.8, 4) is 0 Å². The Morgan fingerprint density at radius 2 is 2.21 bits per heavy atom. The standard InChI is InChI=1S/C12H17ClN2O3S/c1-3-18-12(17)14-7-6-11(16)15-8(2)9-4-5-10(13)19-9/h4-5,8H,3,6-7H2,1-2H3,(H,14,17)(H,15,16)/t8-/m0/s1.